The number of phenols is 1. The zero-order valence-corrected chi connectivity index (χ0v) is 32.5. The monoisotopic (exact) mass is 725 g/mol. The fourth-order valence-electron chi connectivity index (χ4n) is 6.13. The molecule has 0 aliphatic carbocycles. The predicted molar refractivity (Wildman–Crippen MR) is 215 cm³/mol. The van der Waals surface area contributed by atoms with E-state index in [0.29, 0.717) is 19.4 Å². The van der Waals surface area contributed by atoms with E-state index in [4.69, 9.17) is 4.74 Å². The standard InChI is InChI=1S/C42H72N6O4/c1-3-19-41(50)48-39(34-36-22-24-38(49)25-23-36)42(51)47-33-18-32-45-30-16-7-6-14-28-43-26-12-4-5-13-27-44-29-15-8-9-17-31-46-35-37-20-10-11-21-40(37)52-2/h10-11,20-25,39,43-46,49H,3-9,12-19,26-35H2,1-2H3,(H,47,51)(H,48,50)/t39-/m1/s1. The molecule has 0 saturated carbocycles. The molecule has 0 aliphatic rings. The molecule has 0 spiro atoms. The molecule has 52 heavy (non-hydrogen) atoms. The number of benzene rings is 2. The molecule has 10 nitrogen and oxygen atoms in total. The quantitative estimate of drug-likeness (QED) is 0.0439. The van der Waals surface area contributed by atoms with E-state index >= 15 is 0 Å². The summed E-state index contributed by atoms with van der Waals surface area (Å²) in [6.45, 7) is 10.8. The lowest BCUT2D eigenvalue weighted by Gasteiger charge is -2.19. The van der Waals surface area contributed by atoms with Crippen LogP contribution in [0.1, 0.15) is 114 Å². The van der Waals surface area contributed by atoms with E-state index in [-0.39, 0.29) is 17.6 Å². The van der Waals surface area contributed by atoms with Crippen LogP contribution in [0.2, 0.25) is 0 Å². The SMILES string of the molecule is CCCC(=O)N[C@H](Cc1ccc(O)cc1)C(=O)NCCCNCCCCCCNCCCCCCNCCCCCCNCc1ccccc1OC. The first kappa shape index (κ1) is 45.0. The second-order valence-electron chi connectivity index (χ2n) is 13.9. The highest BCUT2D eigenvalue weighted by Crippen LogP contribution is 2.16. The summed E-state index contributed by atoms with van der Waals surface area (Å²) in [5.41, 5.74) is 2.11. The van der Waals surface area contributed by atoms with Crippen molar-refractivity contribution in [2.24, 2.45) is 0 Å². The molecule has 2 amide bonds. The number of aromatic hydroxyl groups is 1. The van der Waals surface area contributed by atoms with Gasteiger partial charge in [-0.25, -0.2) is 0 Å². The molecule has 0 heterocycles. The third-order valence-corrected chi connectivity index (χ3v) is 9.21. The molecule has 10 heteroatoms. The normalized spacial score (nSPS) is 11.7. The van der Waals surface area contributed by atoms with Crippen molar-refractivity contribution in [2.75, 3.05) is 59.5 Å². The van der Waals surface area contributed by atoms with Crippen LogP contribution in [0.5, 0.6) is 11.5 Å². The summed E-state index contributed by atoms with van der Waals surface area (Å²) >= 11 is 0. The Labute approximate surface area is 315 Å². The minimum Gasteiger partial charge on any atom is -0.508 e. The summed E-state index contributed by atoms with van der Waals surface area (Å²) in [5.74, 6) is 0.856. The number of para-hydroxylation sites is 1. The van der Waals surface area contributed by atoms with Crippen LogP contribution in [0.25, 0.3) is 0 Å². The van der Waals surface area contributed by atoms with Gasteiger partial charge in [0.2, 0.25) is 11.8 Å². The molecule has 0 unspecified atom stereocenters. The summed E-state index contributed by atoms with van der Waals surface area (Å²) in [4.78, 5) is 25.0. The van der Waals surface area contributed by atoms with Gasteiger partial charge in [0.1, 0.15) is 17.5 Å². The van der Waals surface area contributed by atoms with Crippen molar-refractivity contribution in [3.8, 4) is 11.5 Å². The lowest BCUT2D eigenvalue weighted by molar-refractivity contribution is -0.129. The van der Waals surface area contributed by atoms with Gasteiger partial charge in [-0.2, -0.15) is 0 Å². The van der Waals surface area contributed by atoms with Gasteiger partial charge in [-0.15, -0.1) is 0 Å². The molecule has 294 valence electrons. The number of hydrogen-bond donors (Lipinski definition) is 7. The summed E-state index contributed by atoms with van der Waals surface area (Å²) in [7, 11) is 1.73. The smallest absolute Gasteiger partial charge is 0.242 e. The average Bonchev–Trinajstić information content (AvgIpc) is 3.15. The molecule has 0 fully saturated rings. The van der Waals surface area contributed by atoms with Crippen LogP contribution in [0.4, 0.5) is 0 Å². The van der Waals surface area contributed by atoms with Crippen LogP contribution in [-0.2, 0) is 22.6 Å². The fraction of sp³-hybridized carbons (Fsp3) is 0.667. The minimum atomic E-state index is -0.624. The van der Waals surface area contributed by atoms with Gasteiger partial charge in [-0.1, -0.05) is 75.8 Å². The third kappa shape index (κ3) is 23.4. The van der Waals surface area contributed by atoms with Crippen LogP contribution in [0, 0.1) is 0 Å². The Bertz CT molecular complexity index is 1170. The maximum absolute atomic E-state index is 12.8. The van der Waals surface area contributed by atoms with Gasteiger partial charge < -0.3 is 41.7 Å². The fourth-order valence-corrected chi connectivity index (χ4v) is 6.13. The summed E-state index contributed by atoms with van der Waals surface area (Å²) in [5, 5.41) is 29.6. The van der Waals surface area contributed by atoms with Crippen molar-refractivity contribution in [2.45, 2.75) is 122 Å². The van der Waals surface area contributed by atoms with Gasteiger partial charge in [0.25, 0.3) is 0 Å². The van der Waals surface area contributed by atoms with Gasteiger partial charge in [0, 0.05) is 31.5 Å². The second-order valence-corrected chi connectivity index (χ2v) is 13.9. The van der Waals surface area contributed by atoms with Crippen LogP contribution in [-0.4, -0.2) is 82.4 Å². The van der Waals surface area contributed by atoms with Gasteiger partial charge in [-0.3, -0.25) is 9.59 Å². The summed E-state index contributed by atoms with van der Waals surface area (Å²) < 4.78 is 5.41. The first-order valence-electron chi connectivity index (χ1n) is 20.3. The van der Waals surface area contributed by atoms with E-state index in [2.05, 4.69) is 44.0 Å². The minimum absolute atomic E-state index is 0.118. The number of amides is 2. The van der Waals surface area contributed by atoms with E-state index < -0.39 is 6.04 Å². The Balaban J connectivity index is 1.29. The van der Waals surface area contributed by atoms with E-state index in [1.54, 1.807) is 31.4 Å². The number of hydrogen-bond acceptors (Lipinski definition) is 8. The Morgan fingerprint density at radius 2 is 1.13 bits per heavy atom. The van der Waals surface area contributed by atoms with Crippen molar-refractivity contribution in [1.29, 1.82) is 0 Å². The van der Waals surface area contributed by atoms with Crippen LogP contribution >= 0.6 is 0 Å². The number of ether oxygens (including phenoxy) is 1. The molecule has 0 radical (unpaired) electrons. The van der Waals surface area contributed by atoms with Crippen LogP contribution in [0.3, 0.4) is 0 Å². The van der Waals surface area contributed by atoms with E-state index in [9.17, 15) is 14.7 Å². The Hall–Kier alpha value is -3.18. The second kappa shape index (κ2) is 31.4. The first-order chi connectivity index (χ1) is 25.5. The maximum Gasteiger partial charge on any atom is 0.242 e. The summed E-state index contributed by atoms with van der Waals surface area (Å²) in [6.07, 6.45) is 17.5. The largest absolute Gasteiger partial charge is 0.508 e. The highest BCUT2D eigenvalue weighted by molar-refractivity contribution is 5.87. The number of unbranched alkanes of at least 4 members (excludes halogenated alkanes) is 9. The van der Waals surface area contributed by atoms with Gasteiger partial charge in [-0.05, 0) is 121 Å². The number of carbonyl (C=O) groups excluding carboxylic acids is 2. The molecule has 0 saturated heterocycles. The van der Waals surface area contributed by atoms with E-state index in [1.807, 2.05) is 19.1 Å². The zero-order valence-electron chi connectivity index (χ0n) is 32.5. The lowest BCUT2D eigenvalue weighted by Crippen LogP contribution is -2.48. The van der Waals surface area contributed by atoms with E-state index in [0.717, 1.165) is 76.5 Å². The average molecular weight is 725 g/mol. The van der Waals surface area contributed by atoms with Crippen molar-refractivity contribution in [3.05, 3.63) is 59.7 Å². The lowest BCUT2D eigenvalue weighted by atomic mass is 10.0. The van der Waals surface area contributed by atoms with Crippen LogP contribution < -0.4 is 36.6 Å². The third-order valence-electron chi connectivity index (χ3n) is 9.21. The molecule has 0 aliphatic heterocycles. The molecule has 1 atom stereocenters. The highest BCUT2D eigenvalue weighted by Gasteiger charge is 2.20. The topological polar surface area (TPSA) is 136 Å². The number of rotatable bonds is 34. The van der Waals surface area contributed by atoms with Gasteiger partial charge in [0.15, 0.2) is 0 Å². The Morgan fingerprint density at radius 1 is 0.635 bits per heavy atom. The molecular weight excluding hydrogens is 653 g/mol. The molecule has 2 aromatic carbocycles. The molecule has 2 aromatic rings. The highest BCUT2D eigenvalue weighted by atomic mass is 16.5. The molecule has 0 aromatic heterocycles. The first-order valence-corrected chi connectivity index (χ1v) is 20.3. The van der Waals surface area contributed by atoms with Crippen molar-refractivity contribution in [3.63, 3.8) is 0 Å². The number of nitrogens with one attached hydrogen (secondary N) is 6. The van der Waals surface area contributed by atoms with Crippen molar-refractivity contribution in [1.82, 2.24) is 31.9 Å². The molecule has 2 rings (SSSR count). The molecule has 7 N–H and O–H groups in total. The van der Waals surface area contributed by atoms with Gasteiger partial charge in [0.05, 0.1) is 7.11 Å². The Morgan fingerprint density at radius 3 is 1.65 bits per heavy atom. The number of methoxy groups -OCH3 is 1. The maximum atomic E-state index is 12.8. The predicted octanol–water partition coefficient (Wildman–Crippen LogP) is 5.97. The molecular formula is C42H72N6O4. The Kier molecular flexibility index (Phi) is 27.1. The van der Waals surface area contributed by atoms with E-state index in [1.165, 1.54) is 82.6 Å². The molecule has 0 bridgehead atoms. The summed E-state index contributed by atoms with van der Waals surface area (Å²) in [6, 6.07) is 14.3. The van der Waals surface area contributed by atoms with Crippen molar-refractivity contribution >= 4 is 11.8 Å². The van der Waals surface area contributed by atoms with Crippen molar-refractivity contribution < 1.29 is 19.4 Å². The van der Waals surface area contributed by atoms with Gasteiger partial charge >= 0.3 is 0 Å². The van der Waals surface area contributed by atoms with Crippen LogP contribution in [0.15, 0.2) is 48.5 Å². The zero-order chi connectivity index (χ0) is 37.3. The number of phenolic OH excluding ortho intramolecular Hbond substituents is 1. The number of carbonyl (C=O) groups is 2.